The van der Waals surface area contributed by atoms with Gasteiger partial charge in [0, 0.05) is 23.3 Å². The zero-order chi connectivity index (χ0) is 14.8. The third kappa shape index (κ3) is 3.36. The van der Waals surface area contributed by atoms with Gasteiger partial charge in [-0.05, 0) is 24.3 Å². The van der Waals surface area contributed by atoms with E-state index in [2.05, 4.69) is 20.7 Å². The van der Waals surface area contributed by atoms with Crippen molar-refractivity contribution >= 4 is 43.7 Å². The van der Waals surface area contributed by atoms with Gasteiger partial charge in [-0.2, -0.15) is 4.31 Å². The van der Waals surface area contributed by atoms with Crippen LogP contribution < -0.4 is 0 Å². The van der Waals surface area contributed by atoms with Crippen LogP contribution in [0, 0.1) is 0 Å². The summed E-state index contributed by atoms with van der Waals surface area (Å²) in [5, 5.41) is -0.459. The molecule has 1 aromatic carbocycles. The Balaban J connectivity index is 2.21. The molecule has 1 aromatic rings. The molecule has 1 aliphatic rings. The van der Waals surface area contributed by atoms with Crippen molar-refractivity contribution < 1.29 is 17.9 Å². The fourth-order valence-electron chi connectivity index (χ4n) is 1.87. The normalized spacial score (nSPS) is 20.6. The fourth-order valence-corrected chi connectivity index (χ4v) is 4.93. The SMILES string of the molecule is COC(=O)[C@@H]1CN(S(=O)(=O)c2ccc(Br)cc2)CCS1. The standard InChI is InChI=1S/C12H14BrNO4S2/c1-18-12(15)11-8-14(6-7-19-11)20(16,17)10-4-2-9(13)3-5-10/h2-5,11H,6-8H2,1H3/t11-/m0/s1. The molecule has 0 saturated carbocycles. The number of benzene rings is 1. The number of rotatable bonds is 3. The molecule has 1 heterocycles. The van der Waals surface area contributed by atoms with E-state index in [1.165, 1.54) is 23.2 Å². The maximum atomic E-state index is 12.5. The molecule has 0 amide bonds. The summed E-state index contributed by atoms with van der Waals surface area (Å²) in [6.45, 7) is 0.548. The highest BCUT2D eigenvalue weighted by molar-refractivity contribution is 9.10. The van der Waals surface area contributed by atoms with Crippen molar-refractivity contribution in [1.29, 1.82) is 0 Å². The van der Waals surface area contributed by atoms with Crippen LogP contribution in [0.5, 0.6) is 0 Å². The van der Waals surface area contributed by atoms with E-state index in [-0.39, 0.29) is 17.4 Å². The van der Waals surface area contributed by atoms with Crippen molar-refractivity contribution in [2.24, 2.45) is 0 Å². The zero-order valence-electron chi connectivity index (χ0n) is 10.8. The van der Waals surface area contributed by atoms with Gasteiger partial charge in [-0.25, -0.2) is 8.42 Å². The van der Waals surface area contributed by atoms with E-state index in [0.717, 1.165) is 4.47 Å². The maximum Gasteiger partial charge on any atom is 0.320 e. The molecule has 20 heavy (non-hydrogen) atoms. The first kappa shape index (κ1) is 15.8. The van der Waals surface area contributed by atoms with Crippen molar-refractivity contribution in [3.05, 3.63) is 28.7 Å². The number of esters is 1. The lowest BCUT2D eigenvalue weighted by Gasteiger charge is -2.30. The number of carbonyl (C=O) groups is 1. The Hall–Kier alpha value is -0.570. The summed E-state index contributed by atoms with van der Waals surface area (Å²) >= 11 is 4.70. The van der Waals surface area contributed by atoms with Crippen LogP contribution in [0.1, 0.15) is 0 Å². The number of thioether (sulfide) groups is 1. The molecule has 0 aromatic heterocycles. The second-order valence-corrected chi connectivity index (χ2v) is 8.36. The molecule has 5 nitrogen and oxygen atoms in total. The Bertz CT molecular complexity index is 588. The van der Waals surface area contributed by atoms with Gasteiger partial charge < -0.3 is 4.74 Å². The lowest BCUT2D eigenvalue weighted by molar-refractivity contribution is -0.140. The van der Waals surface area contributed by atoms with Gasteiger partial charge in [0.15, 0.2) is 0 Å². The van der Waals surface area contributed by atoms with Crippen LogP contribution in [0.3, 0.4) is 0 Å². The Labute approximate surface area is 130 Å². The molecule has 1 atom stereocenters. The van der Waals surface area contributed by atoms with Crippen LogP contribution in [-0.2, 0) is 19.6 Å². The molecule has 0 aliphatic carbocycles. The van der Waals surface area contributed by atoms with Crippen molar-refractivity contribution in [3.8, 4) is 0 Å². The highest BCUT2D eigenvalue weighted by Crippen LogP contribution is 2.26. The predicted octanol–water partition coefficient (Wildman–Crippen LogP) is 1.73. The van der Waals surface area contributed by atoms with Gasteiger partial charge >= 0.3 is 5.97 Å². The largest absolute Gasteiger partial charge is 0.468 e. The fraction of sp³-hybridized carbons (Fsp3) is 0.417. The lowest BCUT2D eigenvalue weighted by atomic mass is 10.4. The summed E-state index contributed by atoms with van der Waals surface area (Å²) < 4.78 is 31.9. The van der Waals surface area contributed by atoms with Crippen LogP contribution in [0.2, 0.25) is 0 Å². The first-order chi connectivity index (χ1) is 9.45. The van der Waals surface area contributed by atoms with Gasteiger partial charge in [-0.3, -0.25) is 4.79 Å². The minimum absolute atomic E-state index is 0.149. The Morgan fingerprint density at radius 3 is 2.65 bits per heavy atom. The smallest absolute Gasteiger partial charge is 0.320 e. The topological polar surface area (TPSA) is 63.7 Å². The second kappa shape index (κ2) is 6.46. The van der Waals surface area contributed by atoms with Crippen LogP contribution in [-0.4, -0.2) is 49.9 Å². The molecule has 110 valence electrons. The number of sulfonamides is 1. The maximum absolute atomic E-state index is 12.5. The molecule has 1 fully saturated rings. The van der Waals surface area contributed by atoms with E-state index in [0.29, 0.717) is 12.3 Å². The molecule has 2 rings (SSSR count). The highest BCUT2D eigenvalue weighted by atomic mass is 79.9. The summed E-state index contributed by atoms with van der Waals surface area (Å²) in [5.74, 6) is 0.195. The average molecular weight is 380 g/mol. The van der Waals surface area contributed by atoms with Gasteiger partial charge in [0.05, 0.1) is 12.0 Å². The summed E-state index contributed by atoms with van der Waals surface area (Å²) in [6, 6.07) is 6.47. The van der Waals surface area contributed by atoms with Gasteiger partial charge in [-0.15, -0.1) is 11.8 Å². The minimum Gasteiger partial charge on any atom is -0.468 e. The Kier molecular flexibility index (Phi) is 5.11. The van der Waals surface area contributed by atoms with Crippen LogP contribution in [0.4, 0.5) is 0 Å². The van der Waals surface area contributed by atoms with E-state index in [1.54, 1.807) is 24.3 Å². The van der Waals surface area contributed by atoms with Crippen LogP contribution in [0.25, 0.3) is 0 Å². The number of ether oxygens (including phenoxy) is 1. The van der Waals surface area contributed by atoms with Crippen molar-refractivity contribution in [2.75, 3.05) is 26.0 Å². The van der Waals surface area contributed by atoms with Crippen LogP contribution >= 0.6 is 27.7 Å². The molecule has 0 unspecified atom stereocenters. The molecule has 1 aliphatic heterocycles. The average Bonchev–Trinajstić information content (AvgIpc) is 2.47. The predicted molar refractivity (Wildman–Crippen MR) is 81.2 cm³/mol. The second-order valence-electron chi connectivity index (χ2n) is 4.20. The zero-order valence-corrected chi connectivity index (χ0v) is 14.0. The van der Waals surface area contributed by atoms with Gasteiger partial charge in [0.25, 0.3) is 0 Å². The third-order valence-electron chi connectivity index (χ3n) is 2.94. The Morgan fingerprint density at radius 2 is 2.05 bits per heavy atom. The summed E-state index contributed by atoms with van der Waals surface area (Å²) in [7, 11) is -2.25. The number of hydrogen-bond donors (Lipinski definition) is 0. The molecular weight excluding hydrogens is 366 g/mol. The summed E-state index contributed by atoms with van der Waals surface area (Å²) in [4.78, 5) is 11.8. The molecule has 0 bridgehead atoms. The molecule has 8 heteroatoms. The van der Waals surface area contributed by atoms with Crippen molar-refractivity contribution in [1.82, 2.24) is 4.31 Å². The third-order valence-corrected chi connectivity index (χ3v) is 6.51. The minimum atomic E-state index is -3.56. The number of hydrogen-bond acceptors (Lipinski definition) is 5. The number of carbonyl (C=O) groups excluding carboxylic acids is 1. The number of halogens is 1. The monoisotopic (exact) mass is 379 g/mol. The molecule has 0 N–H and O–H groups in total. The summed E-state index contributed by atoms with van der Waals surface area (Å²) in [5.41, 5.74) is 0. The molecule has 1 saturated heterocycles. The van der Waals surface area contributed by atoms with Crippen molar-refractivity contribution in [2.45, 2.75) is 10.1 Å². The first-order valence-electron chi connectivity index (χ1n) is 5.90. The van der Waals surface area contributed by atoms with Gasteiger partial charge in [0.2, 0.25) is 10.0 Å². The first-order valence-corrected chi connectivity index (χ1v) is 9.18. The quantitative estimate of drug-likeness (QED) is 0.748. The molecular formula is C12H14BrNO4S2. The molecule has 0 spiro atoms. The molecule has 0 radical (unpaired) electrons. The van der Waals surface area contributed by atoms with E-state index in [4.69, 9.17) is 0 Å². The van der Waals surface area contributed by atoms with E-state index in [9.17, 15) is 13.2 Å². The van der Waals surface area contributed by atoms with Crippen molar-refractivity contribution in [3.63, 3.8) is 0 Å². The number of nitrogens with zero attached hydrogens (tertiary/aromatic N) is 1. The number of methoxy groups -OCH3 is 1. The van der Waals surface area contributed by atoms with Gasteiger partial charge in [-0.1, -0.05) is 15.9 Å². The van der Waals surface area contributed by atoms with E-state index >= 15 is 0 Å². The van der Waals surface area contributed by atoms with E-state index in [1.807, 2.05) is 0 Å². The van der Waals surface area contributed by atoms with E-state index < -0.39 is 15.3 Å². The lowest BCUT2D eigenvalue weighted by Crippen LogP contribution is -2.44. The highest BCUT2D eigenvalue weighted by Gasteiger charge is 2.34. The Morgan fingerprint density at radius 1 is 1.40 bits per heavy atom. The van der Waals surface area contributed by atoms with Crippen LogP contribution in [0.15, 0.2) is 33.6 Å². The summed E-state index contributed by atoms with van der Waals surface area (Å²) in [6.07, 6.45) is 0. The van der Waals surface area contributed by atoms with Gasteiger partial charge in [0.1, 0.15) is 5.25 Å².